The third kappa shape index (κ3) is 12.1. The molecule has 5 heteroatoms. The van der Waals surface area contributed by atoms with Gasteiger partial charge in [0.25, 0.3) is 0 Å². The maximum atomic E-state index is 9.98. The van der Waals surface area contributed by atoms with E-state index in [-0.39, 0.29) is 32.0 Å². The van der Waals surface area contributed by atoms with E-state index in [0.717, 1.165) is 28.9 Å². The Morgan fingerprint density at radius 1 is 0.718 bits per heavy atom. The molecule has 0 amide bonds. The Kier molecular flexibility index (Phi) is 16.2. The topological polar surface area (TPSA) is 66.6 Å². The van der Waals surface area contributed by atoms with E-state index >= 15 is 0 Å². The number of rotatable bonds is 9. The first kappa shape index (κ1) is 36.5. The Labute approximate surface area is 251 Å². The van der Waals surface area contributed by atoms with Crippen LogP contribution in [0, 0.1) is 0 Å². The minimum Gasteiger partial charge on any atom is -0.876 e. The van der Waals surface area contributed by atoms with Gasteiger partial charge in [-0.15, -0.1) is 11.4 Å². The molecule has 0 atom stereocenters. The molecule has 0 heterocycles. The molecule has 0 radical (unpaired) electrons. The van der Waals surface area contributed by atoms with Crippen molar-refractivity contribution in [1.82, 2.24) is 0 Å². The zero-order chi connectivity index (χ0) is 29.2. The zero-order valence-corrected chi connectivity index (χ0v) is 27.5. The Hall–Kier alpha value is -2.48. The van der Waals surface area contributed by atoms with Gasteiger partial charge in [-0.2, -0.15) is 5.70 Å². The molecular weight excluding hydrogens is 575 g/mol. The van der Waals surface area contributed by atoms with Gasteiger partial charge in [-0.1, -0.05) is 123 Å². The number of carbonyl (C=O) groups excluding carboxylic acids is 1. The number of nitrogens with zero attached hydrogens (tertiary/aromatic N) is 2. The fraction of sp³-hybridized carbons (Fsp3) is 0.471. The second kappa shape index (κ2) is 17.3. The molecule has 0 aromatic heterocycles. The van der Waals surface area contributed by atoms with Crippen molar-refractivity contribution < 1.29 is 30.3 Å². The Bertz CT molecular complexity index is 1120. The second-order valence-electron chi connectivity index (χ2n) is 11.2. The molecule has 2 aromatic carbocycles. The summed E-state index contributed by atoms with van der Waals surface area (Å²) < 4.78 is 0. The second-order valence-corrected chi connectivity index (χ2v) is 11.2. The number of carbonyl (C=O) groups is 1. The summed E-state index contributed by atoms with van der Waals surface area (Å²) in [4.78, 5) is 15.1. The number of para-hydroxylation sites is 2. The van der Waals surface area contributed by atoms with Crippen molar-refractivity contribution in [1.29, 1.82) is 0 Å². The molecule has 2 aromatic rings. The third-order valence-electron chi connectivity index (χ3n) is 6.09. The fourth-order valence-corrected chi connectivity index (χ4v) is 4.29. The van der Waals surface area contributed by atoms with Gasteiger partial charge in [-0.3, -0.25) is 9.79 Å². The van der Waals surface area contributed by atoms with Crippen LogP contribution in [0.2, 0.25) is 0 Å². The standard InChI is InChI=1S/C29H41N2.C5H8O2.Pd/c1-18(2)24-13-11-14-25(19(3)4)28(24)30-22(9)17-23(10)31-29-26(20(5)6)15-12-16-27(29)21(7)8;1-4(6)3-5(2)7;/h11-21H,1-10H3;3,6H,1-2H3;/q-1;;+2/p-1/b22-17-,31-23?;4-3-;. The van der Waals surface area contributed by atoms with Gasteiger partial charge in [0.1, 0.15) is 0 Å². The van der Waals surface area contributed by atoms with Crippen LogP contribution in [0.1, 0.15) is 129 Å². The smallest absolute Gasteiger partial charge is 0.876 e. The van der Waals surface area contributed by atoms with Crippen molar-refractivity contribution >= 4 is 22.9 Å². The molecule has 0 aliphatic heterocycles. The van der Waals surface area contributed by atoms with E-state index < -0.39 is 0 Å². The number of hydrogen-bond acceptors (Lipinski definition) is 3. The molecule has 4 nitrogen and oxygen atoms in total. The summed E-state index contributed by atoms with van der Waals surface area (Å²) in [6, 6.07) is 13.1. The number of benzene rings is 2. The van der Waals surface area contributed by atoms with Crippen LogP contribution in [-0.2, 0) is 25.2 Å². The summed E-state index contributed by atoms with van der Waals surface area (Å²) in [7, 11) is 0. The van der Waals surface area contributed by atoms with Gasteiger partial charge in [-0.05, 0) is 54.7 Å². The predicted molar refractivity (Wildman–Crippen MR) is 163 cm³/mol. The summed E-state index contributed by atoms with van der Waals surface area (Å²) in [5.74, 6) is 1.37. The molecule has 39 heavy (non-hydrogen) atoms. The van der Waals surface area contributed by atoms with E-state index in [1.807, 2.05) is 0 Å². The van der Waals surface area contributed by atoms with Crippen molar-refractivity contribution in [2.45, 2.75) is 107 Å². The quantitative estimate of drug-likeness (QED) is 0.121. The Morgan fingerprint density at radius 3 is 1.41 bits per heavy atom. The molecule has 0 aliphatic carbocycles. The van der Waals surface area contributed by atoms with Crippen LogP contribution in [-0.4, -0.2) is 11.5 Å². The first-order chi connectivity index (χ1) is 17.6. The minimum atomic E-state index is -0.187. The first-order valence-electron chi connectivity index (χ1n) is 13.7. The summed E-state index contributed by atoms with van der Waals surface area (Å²) in [5, 5.41) is 15.1. The van der Waals surface area contributed by atoms with Crippen molar-refractivity contribution in [2.24, 2.45) is 4.99 Å². The first-order valence-corrected chi connectivity index (χ1v) is 13.7. The summed E-state index contributed by atoms with van der Waals surface area (Å²) in [6.45, 7) is 24.8. The van der Waals surface area contributed by atoms with E-state index in [4.69, 9.17) is 10.3 Å². The van der Waals surface area contributed by atoms with Crippen molar-refractivity contribution in [3.05, 3.63) is 87.6 Å². The molecule has 0 fully saturated rings. The van der Waals surface area contributed by atoms with Gasteiger partial charge in [0, 0.05) is 5.71 Å². The maximum Gasteiger partial charge on any atom is 2.00 e. The van der Waals surface area contributed by atoms with Gasteiger partial charge in [-0.25, -0.2) is 0 Å². The molecule has 216 valence electrons. The number of hydrogen-bond donors (Lipinski definition) is 0. The normalized spacial score (nSPS) is 12.5. The molecule has 0 unspecified atom stereocenters. The van der Waals surface area contributed by atoms with Crippen LogP contribution in [0.4, 0.5) is 11.4 Å². The maximum absolute atomic E-state index is 9.98. The SMILES string of the molecule is CC(/C=C(/C)[N-]c1c(C(C)C)cccc1C(C)C)=Nc1c(C(C)C)cccc1C(C)C.CC(=O)/C=C(/C)[O-].[Pd+2]. The summed E-state index contributed by atoms with van der Waals surface area (Å²) >= 11 is 0. The summed E-state index contributed by atoms with van der Waals surface area (Å²) in [6.07, 6.45) is 3.17. The average Bonchev–Trinajstić information content (AvgIpc) is 2.77. The van der Waals surface area contributed by atoms with E-state index in [2.05, 4.69) is 112 Å². The molecule has 0 aliphatic rings. The van der Waals surface area contributed by atoms with Crippen LogP contribution >= 0.6 is 0 Å². The Balaban J connectivity index is 0.00000159. The van der Waals surface area contributed by atoms with Gasteiger partial charge in [0.15, 0.2) is 5.78 Å². The average molecular weight is 623 g/mol. The van der Waals surface area contributed by atoms with Gasteiger partial charge in [0.2, 0.25) is 0 Å². The summed E-state index contributed by atoms with van der Waals surface area (Å²) in [5.41, 5.74) is 9.45. The van der Waals surface area contributed by atoms with Gasteiger partial charge in [0.05, 0.1) is 5.69 Å². The van der Waals surface area contributed by atoms with E-state index in [1.165, 1.54) is 36.1 Å². The van der Waals surface area contributed by atoms with Crippen LogP contribution in [0.15, 0.2) is 65.0 Å². The monoisotopic (exact) mass is 622 g/mol. The third-order valence-corrected chi connectivity index (χ3v) is 6.09. The fourth-order valence-electron chi connectivity index (χ4n) is 4.29. The zero-order valence-electron chi connectivity index (χ0n) is 26.0. The van der Waals surface area contributed by atoms with E-state index in [9.17, 15) is 9.90 Å². The largest absolute Gasteiger partial charge is 2.00 e. The molecule has 0 saturated carbocycles. The van der Waals surface area contributed by atoms with Crippen LogP contribution in [0.25, 0.3) is 5.32 Å². The van der Waals surface area contributed by atoms with Crippen LogP contribution in [0.5, 0.6) is 0 Å². The predicted octanol–water partition coefficient (Wildman–Crippen LogP) is 9.72. The van der Waals surface area contributed by atoms with Crippen LogP contribution < -0.4 is 5.11 Å². The van der Waals surface area contributed by atoms with Crippen molar-refractivity contribution in [2.75, 3.05) is 0 Å². The van der Waals surface area contributed by atoms with E-state index in [0.29, 0.717) is 23.7 Å². The molecular formula is C34H48N2O2Pd. The molecule has 0 bridgehead atoms. The molecule has 0 saturated heterocycles. The van der Waals surface area contributed by atoms with E-state index in [1.54, 1.807) is 0 Å². The molecule has 0 spiro atoms. The minimum absolute atomic E-state index is 0. The Morgan fingerprint density at radius 2 is 1.10 bits per heavy atom. The number of aliphatic imine (C=N–C) groups is 1. The van der Waals surface area contributed by atoms with Crippen molar-refractivity contribution in [3.8, 4) is 0 Å². The number of allylic oxidation sites excluding steroid dienone is 4. The molecule has 0 N–H and O–H groups in total. The number of ketones is 1. The van der Waals surface area contributed by atoms with Crippen LogP contribution in [0.3, 0.4) is 0 Å². The van der Waals surface area contributed by atoms with Gasteiger partial charge >= 0.3 is 20.4 Å². The van der Waals surface area contributed by atoms with Gasteiger partial charge < -0.3 is 10.4 Å². The van der Waals surface area contributed by atoms with Crippen molar-refractivity contribution in [3.63, 3.8) is 0 Å². The molecule has 2 rings (SSSR count).